The lowest BCUT2D eigenvalue weighted by molar-refractivity contribution is 0.285. The predicted octanol–water partition coefficient (Wildman–Crippen LogP) is 2.82. The first kappa shape index (κ1) is 9.83. The molecule has 0 aliphatic heterocycles. The van der Waals surface area contributed by atoms with Gasteiger partial charge in [0.05, 0.1) is 16.2 Å². The molecule has 14 heavy (non-hydrogen) atoms. The maximum Gasteiger partial charge on any atom is 0.130 e. The molecule has 0 fully saturated rings. The summed E-state index contributed by atoms with van der Waals surface area (Å²) in [5, 5.41) is 19.7. The van der Waals surface area contributed by atoms with E-state index >= 15 is 0 Å². The van der Waals surface area contributed by atoms with Gasteiger partial charge in [-0.1, -0.05) is 0 Å². The van der Waals surface area contributed by atoms with Gasteiger partial charge < -0.3 is 10.2 Å². The Morgan fingerprint density at radius 1 is 1.43 bits per heavy atom. The van der Waals surface area contributed by atoms with Crippen LogP contribution in [0.15, 0.2) is 23.1 Å². The van der Waals surface area contributed by atoms with Crippen LogP contribution in [0.2, 0.25) is 0 Å². The third kappa shape index (κ3) is 1.49. The summed E-state index contributed by atoms with van der Waals surface area (Å²) >= 11 is 3.06. The minimum absolute atomic E-state index is 0.0634. The molecule has 0 radical (unpaired) electrons. The zero-order chi connectivity index (χ0) is 10.1. The van der Waals surface area contributed by atoms with E-state index in [1.807, 2.05) is 18.4 Å². The number of benzene rings is 1. The molecule has 2 rings (SSSR count). The first-order valence-corrected chi connectivity index (χ1v) is 6.19. The summed E-state index contributed by atoms with van der Waals surface area (Å²) in [5.74, 6) is 0.316. The van der Waals surface area contributed by atoms with E-state index in [1.165, 1.54) is 23.1 Å². The van der Waals surface area contributed by atoms with E-state index in [-0.39, 0.29) is 6.61 Å². The van der Waals surface area contributed by atoms with Crippen LogP contribution < -0.4 is 0 Å². The van der Waals surface area contributed by atoms with Crippen molar-refractivity contribution in [2.24, 2.45) is 0 Å². The van der Waals surface area contributed by atoms with Gasteiger partial charge in [0.25, 0.3) is 0 Å². The topological polar surface area (TPSA) is 40.5 Å². The van der Waals surface area contributed by atoms with Crippen molar-refractivity contribution in [2.45, 2.75) is 11.5 Å². The Hall–Kier alpha value is -0.710. The van der Waals surface area contributed by atoms with Crippen LogP contribution in [-0.2, 0) is 6.61 Å². The van der Waals surface area contributed by atoms with Crippen LogP contribution in [0.25, 0.3) is 10.1 Å². The van der Waals surface area contributed by atoms with Crippen LogP contribution in [0.4, 0.5) is 0 Å². The highest BCUT2D eigenvalue weighted by atomic mass is 32.2. The average Bonchev–Trinajstić information content (AvgIpc) is 2.60. The second-order valence-electron chi connectivity index (χ2n) is 2.91. The number of thioether (sulfide) groups is 1. The average molecular weight is 226 g/mol. The second-order valence-corrected chi connectivity index (χ2v) is 4.86. The van der Waals surface area contributed by atoms with E-state index in [9.17, 15) is 5.11 Å². The maximum atomic E-state index is 9.61. The van der Waals surface area contributed by atoms with Crippen molar-refractivity contribution in [1.29, 1.82) is 0 Å². The highest BCUT2D eigenvalue weighted by Gasteiger charge is 2.09. The molecule has 0 atom stereocenters. The Balaban J connectivity index is 2.73. The van der Waals surface area contributed by atoms with E-state index in [0.29, 0.717) is 5.75 Å². The van der Waals surface area contributed by atoms with Gasteiger partial charge in [-0.3, -0.25) is 0 Å². The van der Waals surface area contributed by atoms with Crippen molar-refractivity contribution in [2.75, 3.05) is 6.26 Å². The summed E-state index contributed by atoms with van der Waals surface area (Å²) in [7, 11) is 0. The van der Waals surface area contributed by atoms with E-state index in [4.69, 9.17) is 5.11 Å². The van der Waals surface area contributed by atoms with Crippen LogP contribution in [0.1, 0.15) is 4.88 Å². The number of hydrogen-bond acceptors (Lipinski definition) is 4. The van der Waals surface area contributed by atoms with Crippen molar-refractivity contribution < 1.29 is 10.2 Å². The van der Waals surface area contributed by atoms with E-state index in [2.05, 4.69) is 0 Å². The van der Waals surface area contributed by atoms with Crippen molar-refractivity contribution >= 4 is 33.2 Å². The summed E-state index contributed by atoms with van der Waals surface area (Å²) in [4.78, 5) is 1.83. The molecule has 2 nitrogen and oxygen atoms in total. The highest BCUT2D eigenvalue weighted by molar-refractivity contribution is 7.99. The Labute approximate surface area is 90.2 Å². The molecule has 2 aromatic rings. The normalized spacial score (nSPS) is 11.0. The molecule has 0 saturated carbocycles. The van der Waals surface area contributed by atoms with Crippen LogP contribution in [0.3, 0.4) is 0 Å². The lowest BCUT2D eigenvalue weighted by Crippen LogP contribution is -1.72. The van der Waals surface area contributed by atoms with Gasteiger partial charge in [0, 0.05) is 4.88 Å². The fraction of sp³-hybridized carbons (Fsp3) is 0.200. The molecule has 0 unspecified atom stereocenters. The fourth-order valence-electron chi connectivity index (χ4n) is 1.40. The predicted molar refractivity (Wildman–Crippen MR) is 61.2 cm³/mol. The van der Waals surface area contributed by atoms with Gasteiger partial charge >= 0.3 is 0 Å². The molecule has 0 aliphatic carbocycles. The summed E-state index contributed by atoms with van der Waals surface area (Å²) < 4.78 is 1.06. The Morgan fingerprint density at radius 3 is 2.86 bits per heavy atom. The number of aliphatic hydroxyl groups excluding tert-OH is 1. The number of rotatable bonds is 2. The summed E-state index contributed by atoms with van der Waals surface area (Å²) in [5.41, 5.74) is 0. The lowest BCUT2D eigenvalue weighted by Gasteiger charge is -2.01. The third-order valence-corrected chi connectivity index (χ3v) is 4.14. The summed E-state index contributed by atoms with van der Waals surface area (Å²) in [6, 6.07) is 5.53. The summed E-state index contributed by atoms with van der Waals surface area (Å²) in [6.45, 7) is 0.0634. The number of thiophene rings is 1. The minimum atomic E-state index is 0.0634. The zero-order valence-electron chi connectivity index (χ0n) is 7.65. The van der Waals surface area contributed by atoms with Crippen molar-refractivity contribution in [1.82, 2.24) is 0 Å². The van der Waals surface area contributed by atoms with E-state index in [0.717, 1.165) is 19.9 Å². The van der Waals surface area contributed by atoms with Crippen LogP contribution in [0, 0.1) is 0 Å². The molecule has 0 saturated heterocycles. The SMILES string of the molecule is CSc1c(O)ccc2cc(CO)sc12. The molecule has 0 spiro atoms. The smallest absolute Gasteiger partial charge is 0.130 e. The first-order valence-electron chi connectivity index (χ1n) is 4.15. The largest absolute Gasteiger partial charge is 0.507 e. The Morgan fingerprint density at radius 2 is 2.21 bits per heavy atom. The van der Waals surface area contributed by atoms with Gasteiger partial charge in [0.1, 0.15) is 5.75 Å². The highest BCUT2D eigenvalue weighted by Crippen LogP contribution is 2.39. The number of aliphatic hydroxyl groups is 1. The van der Waals surface area contributed by atoms with Gasteiger partial charge in [-0.25, -0.2) is 0 Å². The zero-order valence-corrected chi connectivity index (χ0v) is 9.28. The molecule has 1 aromatic heterocycles. The van der Waals surface area contributed by atoms with Gasteiger partial charge in [0.2, 0.25) is 0 Å². The molecule has 0 amide bonds. The third-order valence-electron chi connectivity index (χ3n) is 2.03. The molecule has 1 aromatic carbocycles. The second kappa shape index (κ2) is 3.81. The van der Waals surface area contributed by atoms with Gasteiger partial charge in [-0.15, -0.1) is 23.1 Å². The van der Waals surface area contributed by atoms with E-state index in [1.54, 1.807) is 6.07 Å². The summed E-state index contributed by atoms with van der Waals surface area (Å²) in [6.07, 6.45) is 1.94. The van der Waals surface area contributed by atoms with Crippen molar-refractivity contribution in [3.8, 4) is 5.75 Å². The number of aromatic hydroxyl groups is 1. The maximum absolute atomic E-state index is 9.61. The molecule has 1 heterocycles. The monoisotopic (exact) mass is 226 g/mol. The van der Waals surface area contributed by atoms with Crippen LogP contribution in [0.5, 0.6) is 5.75 Å². The van der Waals surface area contributed by atoms with Crippen LogP contribution >= 0.6 is 23.1 Å². The Bertz CT molecular complexity index is 462. The van der Waals surface area contributed by atoms with Crippen molar-refractivity contribution in [3.63, 3.8) is 0 Å². The molecule has 74 valence electrons. The molecular weight excluding hydrogens is 216 g/mol. The number of fused-ring (bicyclic) bond motifs is 1. The molecule has 4 heteroatoms. The minimum Gasteiger partial charge on any atom is -0.507 e. The van der Waals surface area contributed by atoms with Gasteiger partial charge in [0.15, 0.2) is 0 Å². The quantitative estimate of drug-likeness (QED) is 0.774. The standard InChI is InChI=1S/C10H10O2S2/c1-13-10-8(12)3-2-6-4-7(5-11)14-9(6)10/h2-4,11-12H,5H2,1H3. The van der Waals surface area contributed by atoms with Gasteiger partial charge in [-0.2, -0.15) is 0 Å². The van der Waals surface area contributed by atoms with Crippen LogP contribution in [-0.4, -0.2) is 16.5 Å². The Kier molecular flexibility index (Phi) is 2.67. The lowest BCUT2D eigenvalue weighted by atomic mass is 10.2. The molecule has 0 bridgehead atoms. The number of hydrogen-bond donors (Lipinski definition) is 2. The van der Waals surface area contributed by atoms with Crippen molar-refractivity contribution in [3.05, 3.63) is 23.1 Å². The van der Waals surface area contributed by atoms with E-state index < -0.39 is 0 Å². The molecular formula is C10H10O2S2. The first-order chi connectivity index (χ1) is 6.76. The molecule has 0 aliphatic rings. The number of phenolic OH excluding ortho intramolecular Hbond substituents is 1. The number of phenols is 1. The van der Waals surface area contributed by atoms with Gasteiger partial charge in [-0.05, 0) is 29.8 Å². The molecule has 2 N–H and O–H groups in total. The fourth-order valence-corrected chi connectivity index (χ4v) is 3.31.